The van der Waals surface area contributed by atoms with E-state index in [0.717, 1.165) is 17.5 Å². The molecular weight excluding hydrogens is 348 g/mol. The predicted molar refractivity (Wildman–Crippen MR) is 104 cm³/mol. The van der Waals surface area contributed by atoms with Crippen LogP contribution in [0.25, 0.3) is 6.08 Å². The fraction of sp³-hybridized carbons (Fsp3) is 0.250. The normalized spacial score (nSPS) is 12.9. The van der Waals surface area contributed by atoms with E-state index in [1.165, 1.54) is 23.8 Å². The second kappa shape index (κ2) is 8.29. The summed E-state index contributed by atoms with van der Waals surface area (Å²) in [6, 6.07) is 14.1. The van der Waals surface area contributed by atoms with Crippen molar-refractivity contribution < 1.29 is 13.2 Å². The molecule has 0 aliphatic carbocycles. The van der Waals surface area contributed by atoms with E-state index in [-0.39, 0.29) is 16.8 Å². The molecule has 0 fully saturated rings. The van der Waals surface area contributed by atoms with Gasteiger partial charge in [0, 0.05) is 13.1 Å². The van der Waals surface area contributed by atoms with Crippen LogP contribution >= 0.6 is 0 Å². The lowest BCUT2D eigenvalue weighted by Gasteiger charge is -2.24. The molecule has 0 saturated carbocycles. The van der Waals surface area contributed by atoms with Crippen molar-refractivity contribution in [3.63, 3.8) is 0 Å². The molecule has 0 bridgehead atoms. The number of carbonyl (C=O) groups is 1. The summed E-state index contributed by atoms with van der Waals surface area (Å²) < 4.78 is 22.6. The molecule has 0 spiro atoms. The zero-order valence-corrected chi connectivity index (χ0v) is 16.0. The Labute approximate surface area is 155 Å². The zero-order valence-electron chi connectivity index (χ0n) is 15.2. The Morgan fingerprint density at radius 2 is 1.69 bits per heavy atom. The number of amides is 1. The summed E-state index contributed by atoms with van der Waals surface area (Å²) >= 11 is 0. The molecular formula is C20H24N2O3S. The van der Waals surface area contributed by atoms with Crippen LogP contribution in [0, 0.1) is 0 Å². The smallest absolute Gasteiger partial charge is 0.246 e. The van der Waals surface area contributed by atoms with Gasteiger partial charge >= 0.3 is 0 Å². The van der Waals surface area contributed by atoms with Crippen LogP contribution in [0.1, 0.15) is 36.6 Å². The van der Waals surface area contributed by atoms with E-state index in [4.69, 9.17) is 5.14 Å². The molecule has 138 valence electrons. The van der Waals surface area contributed by atoms with Crippen molar-refractivity contribution in [3.8, 4) is 0 Å². The first-order valence-electron chi connectivity index (χ1n) is 8.39. The number of hydrogen-bond acceptors (Lipinski definition) is 3. The number of carbonyl (C=O) groups excluding carboxylic acids is 1. The van der Waals surface area contributed by atoms with E-state index in [2.05, 4.69) is 6.92 Å². The Balaban J connectivity index is 2.07. The molecule has 0 aliphatic heterocycles. The third-order valence-corrected chi connectivity index (χ3v) is 5.36. The molecule has 0 heterocycles. The lowest BCUT2D eigenvalue weighted by atomic mass is 10.1. The third-order valence-electron chi connectivity index (χ3n) is 4.43. The Morgan fingerprint density at radius 3 is 2.19 bits per heavy atom. The summed E-state index contributed by atoms with van der Waals surface area (Å²) in [5.74, 6) is -0.132. The molecule has 2 rings (SSSR count). The highest BCUT2D eigenvalue weighted by Gasteiger charge is 2.16. The van der Waals surface area contributed by atoms with Crippen molar-refractivity contribution >= 4 is 22.0 Å². The molecule has 0 unspecified atom stereocenters. The van der Waals surface area contributed by atoms with Gasteiger partial charge in [0.25, 0.3) is 0 Å². The number of nitrogens with zero attached hydrogens (tertiary/aromatic N) is 1. The van der Waals surface area contributed by atoms with Gasteiger partial charge in [0.2, 0.25) is 15.9 Å². The first-order chi connectivity index (χ1) is 12.2. The molecule has 2 aromatic rings. The fourth-order valence-electron chi connectivity index (χ4n) is 2.50. The summed E-state index contributed by atoms with van der Waals surface area (Å²) in [7, 11) is -2.00. The summed E-state index contributed by atoms with van der Waals surface area (Å²) in [5.41, 5.74) is 3.05. The third kappa shape index (κ3) is 5.03. The minimum Gasteiger partial charge on any atom is -0.335 e. The van der Waals surface area contributed by atoms with Crippen molar-refractivity contribution in [1.82, 2.24) is 4.90 Å². The summed E-state index contributed by atoms with van der Waals surface area (Å²) in [6.07, 6.45) is 4.30. The number of benzene rings is 2. The van der Waals surface area contributed by atoms with Gasteiger partial charge < -0.3 is 4.90 Å². The molecule has 2 N–H and O–H groups in total. The maximum Gasteiger partial charge on any atom is 0.246 e. The van der Waals surface area contributed by atoms with Gasteiger partial charge in [-0.2, -0.15) is 0 Å². The maximum absolute atomic E-state index is 12.4. The Hall–Kier alpha value is -2.44. The lowest BCUT2D eigenvalue weighted by Crippen LogP contribution is -2.28. The highest BCUT2D eigenvalue weighted by molar-refractivity contribution is 7.89. The Morgan fingerprint density at radius 1 is 1.12 bits per heavy atom. The van der Waals surface area contributed by atoms with Crippen molar-refractivity contribution in [1.29, 1.82) is 0 Å². The van der Waals surface area contributed by atoms with E-state index in [1.807, 2.05) is 31.2 Å². The van der Waals surface area contributed by atoms with Crippen LogP contribution in [0.15, 0.2) is 59.5 Å². The van der Waals surface area contributed by atoms with Gasteiger partial charge in [0.15, 0.2) is 0 Å². The van der Waals surface area contributed by atoms with Gasteiger partial charge in [0.1, 0.15) is 0 Å². The minimum absolute atomic E-state index is 0.0536. The number of rotatable bonds is 6. The first kappa shape index (κ1) is 19.9. The number of aryl methyl sites for hydroxylation is 1. The monoisotopic (exact) mass is 372 g/mol. The van der Waals surface area contributed by atoms with Crippen LogP contribution in [0.5, 0.6) is 0 Å². The number of likely N-dealkylation sites (N-methyl/N-ethyl adjacent to an activating group) is 1. The van der Waals surface area contributed by atoms with Crippen LogP contribution in [0.3, 0.4) is 0 Å². The van der Waals surface area contributed by atoms with Crippen LogP contribution in [-0.4, -0.2) is 26.3 Å². The van der Waals surface area contributed by atoms with Crippen molar-refractivity contribution in [2.45, 2.75) is 31.2 Å². The molecule has 0 aromatic heterocycles. The van der Waals surface area contributed by atoms with Crippen LogP contribution in [0.4, 0.5) is 0 Å². The van der Waals surface area contributed by atoms with Gasteiger partial charge in [0.05, 0.1) is 10.9 Å². The van der Waals surface area contributed by atoms with Crippen molar-refractivity contribution in [2.75, 3.05) is 7.05 Å². The van der Waals surface area contributed by atoms with E-state index in [0.29, 0.717) is 0 Å². The van der Waals surface area contributed by atoms with Crippen LogP contribution in [0.2, 0.25) is 0 Å². The molecule has 0 aliphatic rings. The largest absolute Gasteiger partial charge is 0.335 e. The van der Waals surface area contributed by atoms with Gasteiger partial charge in [-0.3, -0.25) is 4.79 Å². The van der Waals surface area contributed by atoms with Gasteiger partial charge in [-0.25, -0.2) is 13.6 Å². The summed E-state index contributed by atoms with van der Waals surface area (Å²) in [4.78, 5) is 14.1. The summed E-state index contributed by atoms with van der Waals surface area (Å²) in [5, 5.41) is 5.10. The molecule has 5 nitrogen and oxygen atoms in total. The Kier molecular flexibility index (Phi) is 6.34. The van der Waals surface area contributed by atoms with Gasteiger partial charge in [-0.05, 0) is 48.2 Å². The molecule has 0 saturated heterocycles. The minimum atomic E-state index is -3.72. The molecule has 0 radical (unpaired) electrons. The number of nitrogens with two attached hydrogens (primary N) is 1. The quantitative estimate of drug-likeness (QED) is 0.791. The standard InChI is InChI=1S/C20H24N2O3S/c1-4-16-5-7-17(8-6-16)9-14-20(23)22(3)15(2)18-10-12-19(13-11-18)26(21,24)25/h5-15H,4H2,1-3H3,(H2,21,24,25)/b14-9+/t15-/m0/s1. The van der Waals surface area contributed by atoms with Crippen molar-refractivity contribution in [3.05, 3.63) is 71.3 Å². The van der Waals surface area contributed by atoms with E-state index >= 15 is 0 Å². The molecule has 1 amide bonds. The van der Waals surface area contributed by atoms with Crippen molar-refractivity contribution in [2.24, 2.45) is 5.14 Å². The second-order valence-electron chi connectivity index (χ2n) is 6.17. The molecule has 1 atom stereocenters. The SMILES string of the molecule is CCc1ccc(/C=C/C(=O)N(C)[C@@H](C)c2ccc(S(N)(=O)=O)cc2)cc1. The van der Waals surface area contributed by atoms with Gasteiger partial charge in [-0.15, -0.1) is 0 Å². The van der Waals surface area contributed by atoms with Crippen LogP contribution in [-0.2, 0) is 21.2 Å². The zero-order chi connectivity index (χ0) is 19.3. The van der Waals surface area contributed by atoms with E-state index in [9.17, 15) is 13.2 Å². The average molecular weight is 372 g/mol. The Bertz CT molecular complexity index is 886. The topological polar surface area (TPSA) is 80.5 Å². The first-order valence-corrected chi connectivity index (χ1v) is 9.93. The van der Waals surface area contributed by atoms with Crippen LogP contribution < -0.4 is 5.14 Å². The molecule has 26 heavy (non-hydrogen) atoms. The molecule has 6 heteroatoms. The highest BCUT2D eigenvalue weighted by atomic mass is 32.2. The van der Waals surface area contributed by atoms with Gasteiger partial charge in [-0.1, -0.05) is 43.3 Å². The molecule has 2 aromatic carbocycles. The number of primary sulfonamides is 1. The fourth-order valence-corrected chi connectivity index (χ4v) is 3.02. The van der Waals surface area contributed by atoms with E-state index in [1.54, 1.807) is 30.2 Å². The summed E-state index contributed by atoms with van der Waals surface area (Å²) in [6.45, 7) is 3.98. The average Bonchev–Trinajstić information content (AvgIpc) is 2.64. The van der Waals surface area contributed by atoms with E-state index < -0.39 is 10.0 Å². The number of sulfonamides is 1. The highest BCUT2D eigenvalue weighted by Crippen LogP contribution is 2.21. The number of hydrogen-bond donors (Lipinski definition) is 1. The predicted octanol–water partition coefficient (Wildman–Crippen LogP) is 3.13. The maximum atomic E-state index is 12.4. The second-order valence-corrected chi connectivity index (χ2v) is 7.73. The lowest BCUT2D eigenvalue weighted by molar-refractivity contribution is -0.126.